The largest absolute Gasteiger partial charge is 0.379 e. The molecule has 3 N–H and O–H groups in total. The minimum Gasteiger partial charge on any atom is -0.379 e. The van der Waals surface area contributed by atoms with Gasteiger partial charge in [0.15, 0.2) is 5.60 Å². The molecule has 25 heavy (non-hydrogen) atoms. The zero-order valence-corrected chi connectivity index (χ0v) is 15.2. The number of hydrogen-bond donors (Lipinski definition) is 2. The molecule has 1 aromatic rings. The molecule has 138 valence electrons. The molecule has 1 aromatic heterocycles. The summed E-state index contributed by atoms with van der Waals surface area (Å²) in [5.41, 5.74) is 3.79. The molecular formula is C17H26N4O3S. The summed E-state index contributed by atoms with van der Waals surface area (Å²) in [5.74, 6) is -0.642. The lowest BCUT2D eigenvalue weighted by Crippen LogP contribution is -2.58. The first-order valence-electron chi connectivity index (χ1n) is 8.73. The average molecular weight is 366 g/mol. The van der Waals surface area contributed by atoms with Crippen molar-refractivity contribution in [1.82, 2.24) is 14.7 Å². The van der Waals surface area contributed by atoms with E-state index in [0.29, 0.717) is 19.4 Å². The van der Waals surface area contributed by atoms with Gasteiger partial charge in [0, 0.05) is 44.1 Å². The fraction of sp³-hybridized carbons (Fsp3) is 0.647. The highest BCUT2D eigenvalue weighted by Gasteiger charge is 2.39. The number of carbonyl (C=O) groups is 2. The van der Waals surface area contributed by atoms with Crippen molar-refractivity contribution >= 4 is 23.2 Å². The molecule has 2 fully saturated rings. The Balaban J connectivity index is 1.45. The quantitative estimate of drug-likeness (QED) is 0.747. The first-order valence-corrected chi connectivity index (χ1v) is 9.61. The van der Waals surface area contributed by atoms with E-state index in [9.17, 15) is 14.7 Å². The number of β-amino-alcohol motifs (C(OH)–C–C–N with tert-alkyl or cyclic N) is 1. The molecule has 1 unspecified atom stereocenters. The van der Waals surface area contributed by atoms with Gasteiger partial charge >= 0.3 is 0 Å². The van der Waals surface area contributed by atoms with Gasteiger partial charge < -0.3 is 15.7 Å². The van der Waals surface area contributed by atoms with E-state index in [-0.39, 0.29) is 19.0 Å². The Kier molecular flexibility index (Phi) is 5.73. The van der Waals surface area contributed by atoms with Crippen LogP contribution in [-0.4, -0.2) is 83.0 Å². The normalized spacial score (nSPS) is 25.9. The van der Waals surface area contributed by atoms with Gasteiger partial charge in [0.25, 0.3) is 5.91 Å². The minimum absolute atomic E-state index is 0.0597. The summed E-state index contributed by atoms with van der Waals surface area (Å²) < 4.78 is 0. The Labute approximate surface area is 152 Å². The lowest BCUT2D eigenvalue weighted by Gasteiger charge is -2.39. The Bertz CT molecular complexity index is 601. The zero-order chi connectivity index (χ0) is 17.9. The molecule has 2 amide bonds. The van der Waals surface area contributed by atoms with Gasteiger partial charge in [0.2, 0.25) is 5.91 Å². The average Bonchev–Trinajstić information content (AvgIpc) is 3.08. The Morgan fingerprint density at radius 1 is 1.20 bits per heavy atom. The summed E-state index contributed by atoms with van der Waals surface area (Å²) >= 11 is 1.76. The van der Waals surface area contributed by atoms with Gasteiger partial charge in [-0.15, -0.1) is 11.3 Å². The number of piperazine rings is 1. The number of piperidine rings is 1. The third kappa shape index (κ3) is 4.58. The number of aliphatic hydroxyl groups is 1. The Morgan fingerprint density at radius 2 is 1.96 bits per heavy atom. The van der Waals surface area contributed by atoms with E-state index >= 15 is 0 Å². The van der Waals surface area contributed by atoms with Crippen LogP contribution in [0.2, 0.25) is 0 Å². The van der Waals surface area contributed by atoms with Crippen molar-refractivity contribution in [2.45, 2.75) is 25.0 Å². The summed E-state index contributed by atoms with van der Waals surface area (Å²) in [6.45, 7) is 5.21. The van der Waals surface area contributed by atoms with E-state index in [1.165, 1.54) is 4.88 Å². The molecule has 0 radical (unpaired) electrons. The Morgan fingerprint density at radius 3 is 2.60 bits per heavy atom. The summed E-state index contributed by atoms with van der Waals surface area (Å²) in [6, 6.07) is 4.20. The number of rotatable bonds is 5. The fourth-order valence-corrected chi connectivity index (χ4v) is 4.27. The highest BCUT2D eigenvalue weighted by atomic mass is 32.1. The maximum Gasteiger partial charge on any atom is 0.250 e. The van der Waals surface area contributed by atoms with Crippen molar-refractivity contribution in [3.05, 3.63) is 22.4 Å². The predicted molar refractivity (Wildman–Crippen MR) is 96.0 cm³/mol. The molecule has 0 aromatic carbocycles. The number of primary amides is 1. The summed E-state index contributed by atoms with van der Waals surface area (Å²) in [6.07, 6.45) is 1.04. The van der Waals surface area contributed by atoms with E-state index in [1.807, 2.05) is 9.80 Å². The predicted octanol–water partition coefficient (Wildman–Crippen LogP) is -0.295. The molecule has 2 aliphatic heterocycles. The number of likely N-dealkylation sites (tertiary alicyclic amines) is 1. The molecule has 1 atom stereocenters. The summed E-state index contributed by atoms with van der Waals surface area (Å²) in [5, 5.41) is 12.3. The van der Waals surface area contributed by atoms with Gasteiger partial charge in [-0.05, 0) is 30.8 Å². The van der Waals surface area contributed by atoms with E-state index in [2.05, 4.69) is 22.4 Å². The van der Waals surface area contributed by atoms with E-state index in [4.69, 9.17) is 5.73 Å². The summed E-state index contributed by atoms with van der Waals surface area (Å²) in [7, 11) is 0. The molecule has 3 heterocycles. The van der Waals surface area contributed by atoms with Gasteiger partial charge in [0.05, 0.1) is 6.54 Å². The van der Waals surface area contributed by atoms with E-state index in [1.54, 1.807) is 11.3 Å². The number of amides is 2. The van der Waals surface area contributed by atoms with Gasteiger partial charge in [-0.3, -0.25) is 19.4 Å². The molecule has 0 bridgehead atoms. The molecule has 8 heteroatoms. The van der Waals surface area contributed by atoms with Crippen molar-refractivity contribution in [2.24, 2.45) is 5.73 Å². The van der Waals surface area contributed by atoms with Crippen LogP contribution in [0.5, 0.6) is 0 Å². The smallest absolute Gasteiger partial charge is 0.250 e. The van der Waals surface area contributed by atoms with Crippen molar-refractivity contribution in [1.29, 1.82) is 0 Å². The van der Waals surface area contributed by atoms with Crippen LogP contribution in [0.1, 0.15) is 17.7 Å². The first-order chi connectivity index (χ1) is 12.0. The minimum atomic E-state index is -1.50. The second-order valence-corrected chi connectivity index (χ2v) is 7.98. The molecule has 2 saturated heterocycles. The third-order valence-corrected chi connectivity index (χ3v) is 5.91. The number of nitrogens with zero attached hydrogens (tertiary/aromatic N) is 3. The number of thiophene rings is 1. The first kappa shape index (κ1) is 18.3. The van der Waals surface area contributed by atoms with E-state index < -0.39 is 11.5 Å². The maximum absolute atomic E-state index is 12.5. The topological polar surface area (TPSA) is 90.1 Å². The highest BCUT2D eigenvalue weighted by Crippen LogP contribution is 2.21. The SMILES string of the molecule is NC(=O)C1(O)CCCN(CC(=O)N2CCN(Cc3cccs3)CC2)C1. The van der Waals surface area contributed by atoms with Crippen LogP contribution >= 0.6 is 11.3 Å². The number of nitrogens with two attached hydrogens (primary N) is 1. The molecule has 2 aliphatic rings. The van der Waals surface area contributed by atoms with Crippen molar-refractivity contribution in [2.75, 3.05) is 45.8 Å². The van der Waals surface area contributed by atoms with Gasteiger partial charge in [0.1, 0.15) is 0 Å². The molecule has 0 spiro atoms. The van der Waals surface area contributed by atoms with Crippen molar-refractivity contribution in [3.63, 3.8) is 0 Å². The Hall–Kier alpha value is -1.48. The summed E-state index contributed by atoms with van der Waals surface area (Å²) in [4.78, 5) is 31.4. The van der Waals surface area contributed by atoms with Crippen LogP contribution in [0.25, 0.3) is 0 Å². The second kappa shape index (κ2) is 7.82. The van der Waals surface area contributed by atoms with Gasteiger partial charge in [-0.2, -0.15) is 0 Å². The van der Waals surface area contributed by atoms with Crippen LogP contribution in [0.4, 0.5) is 0 Å². The van der Waals surface area contributed by atoms with Crippen LogP contribution in [0.15, 0.2) is 17.5 Å². The van der Waals surface area contributed by atoms with Crippen molar-refractivity contribution in [3.8, 4) is 0 Å². The van der Waals surface area contributed by atoms with Gasteiger partial charge in [-0.25, -0.2) is 0 Å². The monoisotopic (exact) mass is 366 g/mol. The number of carbonyl (C=O) groups excluding carboxylic acids is 2. The van der Waals surface area contributed by atoms with Crippen LogP contribution < -0.4 is 5.73 Å². The highest BCUT2D eigenvalue weighted by molar-refractivity contribution is 7.09. The van der Waals surface area contributed by atoms with Crippen LogP contribution in [0.3, 0.4) is 0 Å². The maximum atomic E-state index is 12.5. The second-order valence-electron chi connectivity index (χ2n) is 6.95. The molecular weight excluding hydrogens is 340 g/mol. The molecule has 7 nitrogen and oxygen atoms in total. The number of hydrogen-bond acceptors (Lipinski definition) is 6. The van der Waals surface area contributed by atoms with Crippen LogP contribution in [0, 0.1) is 0 Å². The van der Waals surface area contributed by atoms with Gasteiger partial charge in [-0.1, -0.05) is 6.07 Å². The standard InChI is InChI=1S/C17H26N4O3S/c18-16(23)17(24)4-2-5-20(13-17)12-15(22)21-8-6-19(7-9-21)11-14-3-1-10-25-14/h1,3,10,24H,2,4-9,11-13H2,(H2,18,23). The molecule has 0 saturated carbocycles. The molecule has 0 aliphatic carbocycles. The molecule has 3 rings (SSSR count). The van der Waals surface area contributed by atoms with E-state index in [0.717, 1.165) is 32.7 Å². The third-order valence-electron chi connectivity index (χ3n) is 5.05. The fourth-order valence-electron chi connectivity index (χ4n) is 3.53. The van der Waals surface area contributed by atoms with Crippen LogP contribution in [-0.2, 0) is 16.1 Å². The lowest BCUT2D eigenvalue weighted by molar-refractivity contribution is -0.145. The zero-order valence-electron chi connectivity index (χ0n) is 14.4. The van der Waals surface area contributed by atoms with Crippen molar-refractivity contribution < 1.29 is 14.7 Å². The lowest BCUT2D eigenvalue weighted by atomic mass is 9.92.